The first-order chi connectivity index (χ1) is 16.2. The van der Waals surface area contributed by atoms with Crippen LogP contribution in [0.15, 0.2) is 18.2 Å². The lowest BCUT2D eigenvalue weighted by molar-refractivity contribution is -0.134. The van der Waals surface area contributed by atoms with E-state index in [0.29, 0.717) is 18.8 Å². The Morgan fingerprint density at radius 2 is 1.94 bits per heavy atom. The Labute approximate surface area is 204 Å². The van der Waals surface area contributed by atoms with Gasteiger partial charge in [0.15, 0.2) is 0 Å². The molecule has 3 atom stereocenters. The number of benzene rings is 1. The van der Waals surface area contributed by atoms with Crippen LogP contribution in [0.5, 0.6) is 5.75 Å². The number of likely N-dealkylation sites (N-methyl/N-ethyl adjacent to an activating group) is 1. The van der Waals surface area contributed by atoms with Gasteiger partial charge in [-0.1, -0.05) is 26.2 Å². The fourth-order valence-corrected chi connectivity index (χ4v) is 4.80. The van der Waals surface area contributed by atoms with Crippen molar-refractivity contribution in [2.75, 3.05) is 45.7 Å². The highest BCUT2D eigenvalue weighted by Gasteiger charge is 2.32. The highest BCUT2D eigenvalue weighted by Crippen LogP contribution is 2.30. The van der Waals surface area contributed by atoms with E-state index in [1.165, 1.54) is 6.42 Å². The van der Waals surface area contributed by atoms with Crippen LogP contribution in [0.1, 0.15) is 51.5 Å². The number of aliphatic hydroxyl groups is 1. The van der Waals surface area contributed by atoms with E-state index in [1.807, 2.05) is 51.0 Å². The molecule has 0 radical (unpaired) electrons. The van der Waals surface area contributed by atoms with Crippen molar-refractivity contribution in [3.05, 3.63) is 23.8 Å². The van der Waals surface area contributed by atoms with Crippen molar-refractivity contribution in [2.24, 2.45) is 5.92 Å². The van der Waals surface area contributed by atoms with E-state index >= 15 is 0 Å². The predicted octanol–water partition coefficient (Wildman–Crippen LogP) is 2.88. The number of amides is 3. The number of nitrogens with zero attached hydrogens (tertiary/aromatic N) is 3. The van der Waals surface area contributed by atoms with Crippen LogP contribution in [0, 0.1) is 5.92 Å². The van der Waals surface area contributed by atoms with Crippen molar-refractivity contribution >= 4 is 17.6 Å². The van der Waals surface area contributed by atoms with Crippen LogP contribution in [0.4, 0.5) is 10.5 Å². The predicted molar refractivity (Wildman–Crippen MR) is 134 cm³/mol. The number of aliphatic hydroxyl groups excluding tert-OH is 1. The second-order valence-corrected chi connectivity index (χ2v) is 10.2. The van der Waals surface area contributed by atoms with E-state index in [4.69, 9.17) is 4.74 Å². The fraction of sp³-hybridized carbons (Fsp3) is 0.692. The first-order valence-electron chi connectivity index (χ1n) is 12.6. The molecule has 0 saturated heterocycles. The highest BCUT2D eigenvalue weighted by atomic mass is 16.5. The number of ether oxygens (including phenoxy) is 1. The van der Waals surface area contributed by atoms with Crippen molar-refractivity contribution < 1.29 is 19.4 Å². The lowest BCUT2D eigenvalue weighted by Crippen LogP contribution is -2.50. The molecule has 34 heavy (non-hydrogen) atoms. The Kier molecular flexibility index (Phi) is 9.05. The van der Waals surface area contributed by atoms with E-state index in [9.17, 15) is 14.7 Å². The van der Waals surface area contributed by atoms with Crippen LogP contribution in [-0.2, 0) is 11.2 Å². The van der Waals surface area contributed by atoms with Gasteiger partial charge in [-0.05, 0) is 38.0 Å². The van der Waals surface area contributed by atoms with Crippen LogP contribution in [0.3, 0.4) is 0 Å². The molecule has 1 fully saturated rings. The summed E-state index contributed by atoms with van der Waals surface area (Å²) >= 11 is 0. The molecular weight excluding hydrogens is 432 g/mol. The summed E-state index contributed by atoms with van der Waals surface area (Å²) in [7, 11) is 5.73. The van der Waals surface area contributed by atoms with Gasteiger partial charge in [-0.25, -0.2) is 4.79 Å². The molecule has 2 aliphatic rings. The van der Waals surface area contributed by atoms with Crippen molar-refractivity contribution in [1.29, 1.82) is 0 Å². The molecule has 3 amide bonds. The van der Waals surface area contributed by atoms with E-state index in [2.05, 4.69) is 5.32 Å². The Balaban J connectivity index is 1.83. The standard InChI is InChI=1S/C26H42N4O4/c1-18-15-30(19(2)17-31)25(32)14-20-13-22(28(3)4)11-12-23(20)34-24(18)16-29(5)26(33)27-21-9-7-6-8-10-21/h11-13,18-19,21,24,31H,6-10,14-17H2,1-5H3,(H,27,33)/t18-,19+,24+/m0/s1. The lowest BCUT2D eigenvalue weighted by Gasteiger charge is -2.34. The maximum absolute atomic E-state index is 13.2. The summed E-state index contributed by atoms with van der Waals surface area (Å²) in [4.78, 5) is 31.6. The number of carbonyl (C=O) groups excluding carboxylic acids is 2. The second-order valence-electron chi connectivity index (χ2n) is 10.2. The van der Waals surface area contributed by atoms with Crippen LogP contribution in [-0.4, -0.2) is 85.9 Å². The number of fused-ring (bicyclic) bond motifs is 1. The van der Waals surface area contributed by atoms with Gasteiger partial charge in [0.2, 0.25) is 5.91 Å². The first kappa shape index (κ1) is 26.1. The number of nitrogens with one attached hydrogen (secondary N) is 1. The number of carbonyl (C=O) groups is 2. The number of hydrogen-bond acceptors (Lipinski definition) is 5. The van der Waals surface area contributed by atoms with Gasteiger partial charge < -0.3 is 29.9 Å². The summed E-state index contributed by atoms with van der Waals surface area (Å²) in [6.07, 6.45) is 5.54. The molecule has 1 aromatic rings. The summed E-state index contributed by atoms with van der Waals surface area (Å²) in [5.74, 6) is 0.607. The SMILES string of the molecule is C[C@H](CO)N1C[C@H](C)[C@@H](CN(C)C(=O)NC2CCCCC2)Oc2ccc(N(C)C)cc2CC1=O. The van der Waals surface area contributed by atoms with E-state index in [1.54, 1.807) is 16.8 Å². The molecule has 1 saturated carbocycles. The first-order valence-corrected chi connectivity index (χ1v) is 12.6. The van der Waals surface area contributed by atoms with Crippen molar-refractivity contribution in [3.63, 3.8) is 0 Å². The highest BCUT2D eigenvalue weighted by molar-refractivity contribution is 5.80. The minimum Gasteiger partial charge on any atom is -0.488 e. The lowest BCUT2D eigenvalue weighted by atomic mass is 9.96. The normalized spacial score (nSPS) is 22.5. The molecule has 8 nitrogen and oxygen atoms in total. The third-order valence-corrected chi connectivity index (χ3v) is 7.15. The smallest absolute Gasteiger partial charge is 0.317 e. The number of urea groups is 1. The summed E-state index contributed by atoms with van der Waals surface area (Å²) in [5.41, 5.74) is 1.81. The third kappa shape index (κ3) is 6.56. The van der Waals surface area contributed by atoms with Crippen molar-refractivity contribution in [2.45, 2.75) is 70.6 Å². The average Bonchev–Trinajstić information content (AvgIpc) is 2.86. The van der Waals surface area contributed by atoms with Gasteiger partial charge in [0.05, 0.1) is 25.6 Å². The molecule has 1 aromatic carbocycles. The zero-order valence-electron chi connectivity index (χ0n) is 21.4. The Hall–Kier alpha value is -2.48. The van der Waals surface area contributed by atoms with Gasteiger partial charge in [0.25, 0.3) is 0 Å². The van der Waals surface area contributed by atoms with Gasteiger partial charge in [-0.2, -0.15) is 0 Å². The molecule has 1 heterocycles. The summed E-state index contributed by atoms with van der Waals surface area (Å²) in [6.45, 7) is 4.67. The summed E-state index contributed by atoms with van der Waals surface area (Å²) in [5, 5.41) is 13.0. The largest absolute Gasteiger partial charge is 0.488 e. The van der Waals surface area contributed by atoms with Crippen LogP contribution in [0.25, 0.3) is 0 Å². The molecular formula is C26H42N4O4. The minimum atomic E-state index is -0.301. The van der Waals surface area contributed by atoms with Gasteiger partial charge in [-0.3, -0.25) is 4.79 Å². The van der Waals surface area contributed by atoms with Crippen LogP contribution < -0.4 is 15.0 Å². The van der Waals surface area contributed by atoms with Crippen LogP contribution in [0.2, 0.25) is 0 Å². The second kappa shape index (κ2) is 11.8. The molecule has 8 heteroatoms. The Bertz CT molecular complexity index is 840. The van der Waals surface area contributed by atoms with Crippen molar-refractivity contribution in [1.82, 2.24) is 15.1 Å². The molecule has 1 aliphatic heterocycles. The Morgan fingerprint density at radius 1 is 1.24 bits per heavy atom. The van der Waals surface area contributed by atoms with Gasteiger partial charge >= 0.3 is 6.03 Å². The molecule has 190 valence electrons. The van der Waals surface area contributed by atoms with E-state index in [0.717, 1.165) is 36.9 Å². The molecule has 1 aliphatic carbocycles. The van der Waals surface area contributed by atoms with Crippen LogP contribution >= 0.6 is 0 Å². The molecule has 2 N–H and O–H groups in total. The third-order valence-electron chi connectivity index (χ3n) is 7.15. The maximum Gasteiger partial charge on any atom is 0.317 e. The fourth-order valence-electron chi connectivity index (χ4n) is 4.80. The van der Waals surface area contributed by atoms with Gasteiger partial charge in [-0.15, -0.1) is 0 Å². The summed E-state index contributed by atoms with van der Waals surface area (Å²) in [6, 6.07) is 5.76. The van der Waals surface area contributed by atoms with E-state index < -0.39 is 0 Å². The molecule has 3 rings (SSSR count). The number of rotatable bonds is 6. The Morgan fingerprint density at radius 3 is 2.59 bits per heavy atom. The monoisotopic (exact) mass is 474 g/mol. The average molecular weight is 475 g/mol. The zero-order valence-corrected chi connectivity index (χ0v) is 21.4. The topological polar surface area (TPSA) is 85.3 Å². The minimum absolute atomic E-state index is 0.0294. The summed E-state index contributed by atoms with van der Waals surface area (Å²) < 4.78 is 6.50. The number of anilines is 1. The maximum atomic E-state index is 13.2. The van der Waals surface area contributed by atoms with Crippen molar-refractivity contribution in [3.8, 4) is 5.75 Å². The molecule has 0 aromatic heterocycles. The van der Waals surface area contributed by atoms with E-state index in [-0.39, 0.29) is 49.1 Å². The van der Waals surface area contributed by atoms with Gasteiger partial charge in [0, 0.05) is 50.9 Å². The quantitative estimate of drug-likeness (QED) is 0.662. The molecule has 0 unspecified atom stereocenters. The molecule has 0 spiro atoms. The van der Waals surface area contributed by atoms with Gasteiger partial charge in [0.1, 0.15) is 11.9 Å². The number of hydrogen-bond donors (Lipinski definition) is 2. The zero-order chi connectivity index (χ0) is 24.8. The molecule has 0 bridgehead atoms.